The second kappa shape index (κ2) is 2.66. The van der Waals surface area contributed by atoms with Crippen molar-refractivity contribution in [3.05, 3.63) is 30.3 Å². The van der Waals surface area contributed by atoms with E-state index in [1.54, 1.807) is 0 Å². The zero-order valence-corrected chi connectivity index (χ0v) is 4.37. The molecule has 0 aromatic heterocycles. The Morgan fingerprint density at radius 2 is 1.00 bits per heavy atom. The van der Waals surface area contributed by atoms with Gasteiger partial charge in [-0.05, 0) is 0 Å². The summed E-state index contributed by atoms with van der Waals surface area (Å²) in [6, 6.07) is 0. The minimum absolute atomic E-state index is 1.58. The van der Waals surface area contributed by atoms with Gasteiger partial charge in [-0.1, -0.05) is 0 Å². The average Bonchev–Trinajstić information content (AvgIpc) is 1.59. The van der Waals surface area contributed by atoms with Crippen molar-refractivity contribution in [2.75, 3.05) is 0 Å². The third-order valence-corrected chi connectivity index (χ3v) is 0.566. The number of hydrogen-bond donors (Lipinski definition) is 0. The van der Waals surface area contributed by atoms with Crippen LogP contribution in [-0.2, 0) is 0 Å². The molecular formula is CHN3O6. The van der Waals surface area contributed by atoms with E-state index in [4.69, 9.17) is 0 Å². The van der Waals surface area contributed by atoms with Crippen LogP contribution >= 0.6 is 0 Å². The largest absolute Gasteiger partial charge is 0.693 e. The van der Waals surface area contributed by atoms with E-state index in [0.29, 0.717) is 0 Å². The number of hydrogen-bond acceptors (Lipinski definition) is 6. The summed E-state index contributed by atoms with van der Waals surface area (Å²) in [5.74, 6) is 0. The maximum absolute atomic E-state index is 9.50. The van der Waals surface area contributed by atoms with Gasteiger partial charge < -0.3 is 0 Å². The fraction of sp³-hybridized carbons (Fsp3) is 1.00. The Labute approximate surface area is 52.7 Å². The number of rotatable bonds is 3. The molecule has 0 saturated carbocycles. The average molecular weight is 151 g/mol. The van der Waals surface area contributed by atoms with Gasteiger partial charge in [0, 0.05) is 0 Å². The van der Waals surface area contributed by atoms with Crippen LogP contribution in [0.2, 0.25) is 0 Å². The third-order valence-electron chi connectivity index (χ3n) is 0.566. The van der Waals surface area contributed by atoms with E-state index in [2.05, 4.69) is 0 Å². The summed E-state index contributed by atoms with van der Waals surface area (Å²) >= 11 is 0. The van der Waals surface area contributed by atoms with Crippen LogP contribution in [0.1, 0.15) is 0 Å². The highest BCUT2D eigenvalue weighted by Crippen LogP contribution is 1.90. The Kier molecular flexibility index (Phi) is 2.18. The summed E-state index contributed by atoms with van der Waals surface area (Å²) in [6.45, 7) is 0. The lowest BCUT2D eigenvalue weighted by Gasteiger charge is -1.90. The van der Waals surface area contributed by atoms with Crippen LogP contribution in [0.4, 0.5) is 0 Å². The predicted molar refractivity (Wildman–Crippen MR) is 24.8 cm³/mol. The molecule has 9 nitrogen and oxygen atoms in total. The zero-order chi connectivity index (χ0) is 8.31. The molecule has 0 aliphatic carbocycles. The monoisotopic (exact) mass is 151 g/mol. The van der Waals surface area contributed by atoms with Gasteiger partial charge >= 0.3 is 6.29 Å². The van der Waals surface area contributed by atoms with Gasteiger partial charge in [0.15, 0.2) is 14.8 Å². The first-order valence-electron chi connectivity index (χ1n) is 1.87. The Balaban J connectivity index is 4.43. The van der Waals surface area contributed by atoms with Gasteiger partial charge in [0.05, 0.1) is 0 Å². The van der Waals surface area contributed by atoms with E-state index >= 15 is 0 Å². The van der Waals surface area contributed by atoms with Crippen molar-refractivity contribution in [3.63, 3.8) is 0 Å². The Hall–Kier alpha value is -1.80. The summed E-state index contributed by atoms with van der Waals surface area (Å²) in [5.41, 5.74) is 0. The smallest absolute Gasteiger partial charge is 0.253 e. The van der Waals surface area contributed by atoms with E-state index in [9.17, 15) is 30.3 Å². The standard InChI is InChI=1S/CHN3O6/c5-2(6)1(3(7)8)4(9)10/h1H. The normalized spacial score (nSPS) is 9.30. The molecule has 0 spiro atoms. The van der Waals surface area contributed by atoms with Crippen molar-refractivity contribution in [1.29, 1.82) is 0 Å². The predicted octanol–water partition coefficient (Wildman–Crippen LogP) is -0.900. The first kappa shape index (κ1) is 8.20. The van der Waals surface area contributed by atoms with E-state index in [-0.39, 0.29) is 0 Å². The van der Waals surface area contributed by atoms with Gasteiger partial charge in [0.25, 0.3) is 0 Å². The van der Waals surface area contributed by atoms with Gasteiger partial charge in [0.1, 0.15) is 0 Å². The molecule has 0 heterocycles. The van der Waals surface area contributed by atoms with Crippen molar-refractivity contribution < 1.29 is 14.8 Å². The second-order valence-corrected chi connectivity index (χ2v) is 1.20. The summed E-state index contributed by atoms with van der Waals surface area (Å²) in [6.07, 6.45) is -2.94. The topological polar surface area (TPSA) is 129 Å². The van der Waals surface area contributed by atoms with Crippen LogP contribution in [0.5, 0.6) is 0 Å². The first-order valence-corrected chi connectivity index (χ1v) is 1.87. The maximum atomic E-state index is 9.50. The fourth-order valence-electron chi connectivity index (χ4n) is 0.231. The Morgan fingerprint density at radius 1 is 0.800 bits per heavy atom. The van der Waals surface area contributed by atoms with E-state index in [0.717, 1.165) is 0 Å². The van der Waals surface area contributed by atoms with Crippen LogP contribution in [0.3, 0.4) is 0 Å². The molecule has 0 atom stereocenters. The van der Waals surface area contributed by atoms with Gasteiger partial charge in [-0.3, -0.25) is 30.3 Å². The molecule has 56 valence electrons. The lowest BCUT2D eigenvalue weighted by molar-refractivity contribution is -0.912. The van der Waals surface area contributed by atoms with E-state index in [1.807, 2.05) is 0 Å². The molecule has 0 radical (unpaired) electrons. The van der Waals surface area contributed by atoms with Crippen LogP contribution < -0.4 is 0 Å². The van der Waals surface area contributed by atoms with Crippen LogP contribution in [0.15, 0.2) is 0 Å². The first-order chi connectivity index (χ1) is 4.46. The maximum Gasteiger partial charge on any atom is 0.693 e. The highest BCUT2D eigenvalue weighted by atomic mass is 16.7. The molecule has 0 aromatic carbocycles. The second-order valence-electron chi connectivity index (χ2n) is 1.20. The van der Waals surface area contributed by atoms with E-state index < -0.39 is 21.1 Å². The highest BCUT2D eigenvalue weighted by Gasteiger charge is 2.45. The quantitative estimate of drug-likeness (QED) is 0.292. The SMILES string of the molecule is O=[N+]([O-])C([N+](=O)[O-])[N+](=O)[O-]. The number of nitrogens with zero attached hydrogens (tertiary/aromatic N) is 3. The minimum atomic E-state index is -2.94. The molecule has 0 aliphatic heterocycles. The summed E-state index contributed by atoms with van der Waals surface area (Å²) in [5, 5.41) is 28.5. The molecule has 0 saturated heterocycles. The fourth-order valence-corrected chi connectivity index (χ4v) is 0.231. The summed E-state index contributed by atoms with van der Waals surface area (Å²) in [7, 11) is 0. The number of nitro groups is 3. The molecule has 10 heavy (non-hydrogen) atoms. The molecule has 0 rings (SSSR count). The van der Waals surface area contributed by atoms with Crippen molar-refractivity contribution in [2.45, 2.75) is 6.29 Å². The highest BCUT2D eigenvalue weighted by molar-refractivity contribution is 4.19. The van der Waals surface area contributed by atoms with Gasteiger partial charge in [-0.25, -0.2) is 0 Å². The van der Waals surface area contributed by atoms with Crippen LogP contribution in [0.25, 0.3) is 0 Å². The van der Waals surface area contributed by atoms with Gasteiger partial charge in [0.2, 0.25) is 0 Å². The van der Waals surface area contributed by atoms with Gasteiger partial charge in [-0.2, -0.15) is 0 Å². The molecule has 0 N–H and O–H groups in total. The molecule has 9 heteroatoms. The summed E-state index contributed by atoms with van der Waals surface area (Å²) in [4.78, 5) is 23.8. The minimum Gasteiger partial charge on any atom is -0.253 e. The van der Waals surface area contributed by atoms with E-state index in [1.165, 1.54) is 0 Å². The molecule has 0 amide bonds. The van der Waals surface area contributed by atoms with Crippen molar-refractivity contribution in [2.24, 2.45) is 0 Å². The molecule has 0 bridgehead atoms. The van der Waals surface area contributed by atoms with Crippen LogP contribution in [0, 0.1) is 30.3 Å². The summed E-state index contributed by atoms with van der Waals surface area (Å²) < 4.78 is 0. The molecule has 0 fully saturated rings. The Morgan fingerprint density at radius 3 is 1.00 bits per heavy atom. The molecular weight excluding hydrogens is 150 g/mol. The van der Waals surface area contributed by atoms with Crippen molar-refractivity contribution >= 4 is 0 Å². The molecule has 0 unspecified atom stereocenters. The molecule has 0 aromatic rings. The molecule has 0 aliphatic rings. The van der Waals surface area contributed by atoms with Crippen LogP contribution in [-0.4, -0.2) is 21.1 Å². The van der Waals surface area contributed by atoms with Crippen molar-refractivity contribution in [3.8, 4) is 0 Å². The lowest BCUT2D eigenvalue weighted by atomic mass is 10.9. The zero-order valence-electron chi connectivity index (χ0n) is 4.37. The third kappa shape index (κ3) is 1.61. The Bertz CT molecular complexity index is 152. The van der Waals surface area contributed by atoms with Crippen molar-refractivity contribution in [1.82, 2.24) is 0 Å². The van der Waals surface area contributed by atoms with Gasteiger partial charge in [-0.15, -0.1) is 0 Å². The lowest BCUT2D eigenvalue weighted by Crippen LogP contribution is -2.36.